The molecule has 3 N–H and O–H groups in total. The molecule has 0 rings (SSSR count). The average Bonchev–Trinajstić information content (AvgIpc) is 3.13. The van der Waals surface area contributed by atoms with Crippen LogP contribution in [-0.4, -0.2) is 34.9 Å². The predicted octanol–water partition coefficient (Wildman–Crippen LogP) is 14.4. The monoisotopic (exact) mass is 718 g/mol. The molecular formula is C47H91NO3. The maximum atomic E-state index is 12.4. The number of aliphatic hydroxyl groups is 2. The average molecular weight is 718 g/mol. The fourth-order valence-electron chi connectivity index (χ4n) is 7.11. The highest BCUT2D eigenvalue weighted by Gasteiger charge is 2.17. The maximum absolute atomic E-state index is 12.4. The Morgan fingerprint density at radius 2 is 0.745 bits per heavy atom. The van der Waals surface area contributed by atoms with E-state index < -0.39 is 12.1 Å². The Bertz CT molecular complexity index is 735. The molecule has 51 heavy (non-hydrogen) atoms. The van der Waals surface area contributed by atoms with Gasteiger partial charge in [0.25, 0.3) is 0 Å². The fourth-order valence-corrected chi connectivity index (χ4v) is 7.11. The molecule has 0 saturated heterocycles. The lowest BCUT2D eigenvalue weighted by Gasteiger charge is -2.20. The molecule has 302 valence electrons. The zero-order chi connectivity index (χ0) is 37.1. The van der Waals surface area contributed by atoms with Crippen LogP contribution in [0.2, 0.25) is 0 Å². The molecule has 4 heteroatoms. The topological polar surface area (TPSA) is 69.6 Å². The molecule has 0 spiro atoms. The number of nitrogens with one attached hydrogen (secondary N) is 1. The van der Waals surface area contributed by atoms with Gasteiger partial charge in [0.1, 0.15) is 0 Å². The summed E-state index contributed by atoms with van der Waals surface area (Å²) >= 11 is 0. The first-order valence-corrected chi connectivity index (χ1v) is 23.1. The SMILES string of the molecule is CCCCCCCCCC/C=C\CCCCCCCCCCCCCC(=O)NC(CO)C(O)/C=C/CCCCCCCCCCCCCCCC. The normalized spacial score (nSPS) is 13.1. The Hall–Kier alpha value is -1.13. The minimum Gasteiger partial charge on any atom is -0.394 e. The van der Waals surface area contributed by atoms with Crippen LogP contribution >= 0.6 is 0 Å². The molecule has 0 heterocycles. The van der Waals surface area contributed by atoms with E-state index in [0.717, 1.165) is 25.7 Å². The number of aliphatic hydroxyl groups excluding tert-OH is 2. The highest BCUT2D eigenvalue weighted by Crippen LogP contribution is 2.15. The van der Waals surface area contributed by atoms with Gasteiger partial charge in [-0.25, -0.2) is 0 Å². The predicted molar refractivity (Wildman–Crippen MR) is 225 cm³/mol. The number of amides is 1. The van der Waals surface area contributed by atoms with Gasteiger partial charge in [0.15, 0.2) is 0 Å². The first kappa shape index (κ1) is 49.9. The molecule has 2 unspecified atom stereocenters. The summed E-state index contributed by atoms with van der Waals surface area (Å²) < 4.78 is 0. The van der Waals surface area contributed by atoms with Crippen LogP contribution in [0.15, 0.2) is 24.3 Å². The van der Waals surface area contributed by atoms with Crippen LogP contribution in [0.5, 0.6) is 0 Å². The molecular weight excluding hydrogens is 627 g/mol. The maximum Gasteiger partial charge on any atom is 0.220 e. The van der Waals surface area contributed by atoms with Crippen molar-refractivity contribution in [3.05, 3.63) is 24.3 Å². The first-order chi connectivity index (χ1) is 25.2. The Labute approximate surface area is 319 Å². The van der Waals surface area contributed by atoms with E-state index >= 15 is 0 Å². The van der Waals surface area contributed by atoms with E-state index in [9.17, 15) is 15.0 Å². The van der Waals surface area contributed by atoms with Gasteiger partial charge in [0, 0.05) is 6.42 Å². The van der Waals surface area contributed by atoms with E-state index in [0.29, 0.717) is 6.42 Å². The van der Waals surface area contributed by atoms with Crippen LogP contribution in [0.3, 0.4) is 0 Å². The zero-order valence-electron chi connectivity index (χ0n) is 34.6. The van der Waals surface area contributed by atoms with Gasteiger partial charge in [-0.15, -0.1) is 0 Å². The second-order valence-corrected chi connectivity index (χ2v) is 15.8. The molecule has 0 radical (unpaired) electrons. The van der Waals surface area contributed by atoms with Crippen molar-refractivity contribution in [2.45, 2.75) is 264 Å². The molecule has 0 saturated carbocycles. The molecule has 0 aromatic heterocycles. The van der Waals surface area contributed by atoms with Crippen molar-refractivity contribution >= 4 is 5.91 Å². The van der Waals surface area contributed by atoms with Crippen LogP contribution in [-0.2, 0) is 4.79 Å². The fraction of sp³-hybridized carbons (Fsp3) is 0.894. The highest BCUT2D eigenvalue weighted by atomic mass is 16.3. The van der Waals surface area contributed by atoms with Crippen molar-refractivity contribution in [2.75, 3.05) is 6.61 Å². The summed E-state index contributed by atoms with van der Waals surface area (Å²) in [6.07, 6.45) is 55.8. The molecule has 1 amide bonds. The van der Waals surface area contributed by atoms with Gasteiger partial charge in [0.05, 0.1) is 18.8 Å². The number of carbonyl (C=O) groups is 1. The van der Waals surface area contributed by atoms with Crippen LogP contribution in [0, 0.1) is 0 Å². The summed E-state index contributed by atoms with van der Waals surface area (Å²) in [7, 11) is 0. The van der Waals surface area contributed by atoms with E-state index in [1.54, 1.807) is 6.08 Å². The Morgan fingerprint density at radius 3 is 1.08 bits per heavy atom. The van der Waals surface area contributed by atoms with Crippen molar-refractivity contribution in [1.82, 2.24) is 5.32 Å². The lowest BCUT2D eigenvalue weighted by atomic mass is 10.0. The van der Waals surface area contributed by atoms with Crippen molar-refractivity contribution in [3.63, 3.8) is 0 Å². The molecule has 0 aliphatic carbocycles. The molecule has 0 bridgehead atoms. The van der Waals surface area contributed by atoms with Crippen molar-refractivity contribution in [3.8, 4) is 0 Å². The van der Waals surface area contributed by atoms with Crippen molar-refractivity contribution < 1.29 is 15.0 Å². The van der Waals surface area contributed by atoms with Crippen molar-refractivity contribution in [2.24, 2.45) is 0 Å². The Morgan fingerprint density at radius 1 is 0.451 bits per heavy atom. The molecule has 0 aliphatic heterocycles. The second-order valence-electron chi connectivity index (χ2n) is 15.8. The summed E-state index contributed by atoms with van der Waals surface area (Å²) in [6.45, 7) is 4.32. The highest BCUT2D eigenvalue weighted by molar-refractivity contribution is 5.76. The molecule has 0 fully saturated rings. The quantitative estimate of drug-likeness (QED) is 0.0435. The summed E-state index contributed by atoms with van der Waals surface area (Å²) in [5.74, 6) is -0.0625. The van der Waals surface area contributed by atoms with Crippen LogP contribution in [0.1, 0.15) is 251 Å². The van der Waals surface area contributed by atoms with Gasteiger partial charge in [-0.1, -0.05) is 224 Å². The molecule has 0 aliphatic rings. The van der Waals surface area contributed by atoms with Crippen LogP contribution in [0.4, 0.5) is 0 Å². The zero-order valence-corrected chi connectivity index (χ0v) is 34.6. The standard InChI is InChI=1S/C47H91NO3/c1-3-5-7-9-11-13-15-17-19-21-22-23-24-25-26-27-29-31-33-35-37-39-41-43-47(51)48-45(44-49)46(50)42-40-38-36-34-32-30-28-20-18-16-14-12-10-8-6-4-2/h21-22,40,42,45-46,49-50H,3-20,23-39,41,43-44H2,1-2H3,(H,48,51)/b22-21-,42-40+. The van der Waals surface area contributed by atoms with E-state index in [-0.39, 0.29) is 12.5 Å². The second kappa shape index (κ2) is 43.3. The third-order valence-corrected chi connectivity index (χ3v) is 10.7. The molecule has 0 aromatic rings. The number of allylic oxidation sites excluding steroid dienone is 3. The largest absolute Gasteiger partial charge is 0.394 e. The van der Waals surface area contributed by atoms with Gasteiger partial charge in [-0.05, 0) is 44.9 Å². The number of unbranched alkanes of at least 4 members (excludes halogenated alkanes) is 33. The Kier molecular flexibility index (Phi) is 42.3. The van der Waals surface area contributed by atoms with Crippen LogP contribution < -0.4 is 5.32 Å². The van der Waals surface area contributed by atoms with Gasteiger partial charge in [-0.3, -0.25) is 4.79 Å². The third-order valence-electron chi connectivity index (χ3n) is 10.7. The van der Waals surface area contributed by atoms with E-state index in [1.165, 1.54) is 205 Å². The lowest BCUT2D eigenvalue weighted by Crippen LogP contribution is -2.45. The van der Waals surface area contributed by atoms with Crippen molar-refractivity contribution in [1.29, 1.82) is 0 Å². The number of hydrogen-bond donors (Lipinski definition) is 3. The summed E-state index contributed by atoms with van der Waals surface area (Å²) in [5, 5.41) is 23.0. The molecule has 2 atom stereocenters. The first-order valence-electron chi connectivity index (χ1n) is 23.1. The van der Waals surface area contributed by atoms with Gasteiger partial charge < -0.3 is 15.5 Å². The van der Waals surface area contributed by atoms with Crippen LogP contribution in [0.25, 0.3) is 0 Å². The number of carbonyl (C=O) groups excluding carboxylic acids is 1. The minimum absolute atomic E-state index is 0.0625. The number of hydrogen-bond acceptors (Lipinski definition) is 3. The molecule has 4 nitrogen and oxygen atoms in total. The van der Waals surface area contributed by atoms with Gasteiger partial charge >= 0.3 is 0 Å². The molecule has 0 aromatic carbocycles. The summed E-state index contributed by atoms with van der Waals surface area (Å²) in [5.41, 5.74) is 0. The summed E-state index contributed by atoms with van der Waals surface area (Å²) in [4.78, 5) is 12.4. The van der Waals surface area contributed by atoms with E-state index in [2.05, 4.69) is 31.3 Å². The van der Waals surface area contributed by atoms with Gasteiger partial charge in [-0.2, -0.15) is 0 Å². The van der Waals surface area contributed by atoms with Gasteiger partial charge in [0.2, 0.25) is 5.91 Å². The lowest BCUT2D eigenvalue weighted by molar-refractivity contribution is -0.123. The number of rotatable bonds is 42. The summed E-state index contributed by atoms with van der Waals surface area (Å²) in [6, 6.07) is -0.619. The minimum atomic E-state index is -0.836. The van der Waals surface area contributed by atoms with E-state index in [4.69, 9.17) is 0 Å². The third kappa shape index (κ3) is 39.9. The van der Waals surface area contributed by atoms with E-state index in [1.807, 2.05) is 6.08 Å². The smallest absolute Gasteiger partial charge is 0.220 e. The Balaban J connectivity index is 3.52.